The molecule has 0 spiro atoms. The van der Waals surface area contributed by atoms with Crippen LogP contribution in [0.3, 0.4) is 0 Å². The molecule has 17 heavy (non-hydrogen) atoms. The van der Waals surface area contributed by atoms with Gasteiger partial charge in [-0.05, 0) is 23.3 Å². The smallest absolute Gasteiger partial charge is 0.134 e. The van der Waals surface area contributed by atoms with Crippen LogP contribution in [-0.2, 0) is 6.42 Å². The van der Waals surface area contributed by atoms with Crippen molar-refractivity contribution < 1.29 is 10.2 Å². The third-order valence-electron chi connectivity index (χ3n) is 2.50. The summed E-state index contributed by atoms with van der Waals surface area (Å²) in [6.45, 7) is 0. The van der Waals surface area contributed by atoms with Crippen LogP contribution in [-0.4, -0.2) is 10.2 Å². The third kappa shape index (κ3) is 2.48. The normalized spacial score (nSPS) is 10.5. The van der Waals surface area contributed by atoms with Crippen molar-refractivity contribution in [2.75, 3.05) is 0 Å². The van der Waals surface area contributed by atoms with Gasteiger partial charge in [0, 0.05) is 6.42 Å². The highest BCUT2D eigenvalue weighted by Crippen LogP contribution is 2.32. The Morgan fingerprint density at radius 3 is 1.59 bits per heavy atom. The lowest BCUT2D eigenvalue weighted by Crippen LogP contribution is -1.91. The van der Waals surface area contributed by atoms with Gasteiger partial charge in [0.05, 0.1) is 10.0 Å². The van der Waals surface area contributed by atoms with Crippen LogP contribution in [0.5, 0.6) is 11.5 Å². The first kappa shape index (κ1) is 12.1. The quantitative estimate of drug-likeness (QED) is 0.865. The second-order valence-corrected chi connectivity index (χ2v) is 4.43. The van der Waals surface area contributed by atoms with Crippen molar-refractivity contribution in [3.8, 4) is 11.5 Å². The summed E-state index contributed by atoms with van der Waals surface area (Å²) in [6, 6.07) is 10.1. The van der Waals surface area contributed by atoms with Crippen LogP contribution >= 0.6 is 23.2 Å². The van der Waals surface area contributed by atoms with Crippen molar-refractivity contribution in [2.45, 2.75) is 6.42 Å². The van der Waals surface area contributed by atoms with Gasteiger partial charge < -0.3 is 10.2 Å². The maximum absolute atomic E-state index is 9.49. The number of hydrogen-bond donors (Lipinski definition) is 2. The molecular formula is C13H10Cl2O2. The first-order valence-corrected chi connectivity index (χ1v) is 5.78. The molecule has 0 unspecified atom stereocenters. The van der Waals surface area contributed by atoms with Gasteiger partial charge in [0.2, 0.25) is 0 Å². The van der Waals surface area contributed by atoms with Gasteiger partial charge in [-0.1, -0.05) is 47.5 Å². The van der Waals surface area contributed by atoms with E-state index in [0.29, 0.717) is 16.5 Å². The molecule has 0 radical (unpaired) electrons. The number of aromatic hydroxyl groups is 2. The highest BCUT2D eigenvalue weighted by atomic mass is 35.5. The van der Waals surface area contributed by atoms with Crippen LogP contribution in [0.15, 0.2) is 36.4 Å². The molecule has 0 amide bonds. The molecule has 0 saturated carbocycles. The Kier molecular flexibility index (Phi) is 3.46. The number of benzene rings is 2. The van der Waals surface area contributed by atoms with E-state index < -0.39 is 0 Å². The van der Waals surface area contributed by atoms with Gasteiger partial charge >= 0.3 is 0 Å². The van der Waals surface area contributed by atoms with Crippen molar-refractivity contribution in [1.82, 2.24) is 0 Å². The zero-order chi connectivity index (χ0) is 12.4. The first-order valence-electron chi connectivity index (χ1n) is 5.02. The number of phenols is 2. The SMILES string of the molecule is Oc1cccc(Cc2cccc(O)c2Cl)c1Cl. The molecule has 0 saturated heterocycles. The minimum atomic E-state index is 0.0421. The lowest BCUT2D eigenvalue weighted by atomic mass is 10.0. The maximum Gasteiger partial charge on any atom is 0.134 e. The Labute approximate surface area is 109 Å². The molecule has 2 aromatic carbocycles. The second-order valence-electron chi connectivity index (χ2n) is 3.68. The van der Waals surface area contributed by atoms with Crippen LogP contribution in [0.1, 0.15) is 11.1 Å². The Morgan fingerprint density at radius 1 is 0.765 bits per heavy atom. The number of halogens is 2. The second kappa shape index (κ2) is 4.86. The van der Waals surface area contributed by atoms with Gasteiger partial charge in [-0.15, -0.1) is 0 Å². The molecule has 4 heteroatoms. The Bertz CT molecular complexity index is 504. The molecule has 0 bridgehead atoms. The summed E-state index contributed by atoms with van der Waals surface area (Å²) < 4.78 is 0. The lowest BCUT2D eigenvalue weighted by Gasteiger charge is -2.08. The van der Waals surface area contributed by atoms with Crippen LogP contribution < -0.4 is 0 Å². The third-order valence-corrected chi connectivity index (χ3v) is 3.37. The predicted octanol–water partition coefficient (Wildman–Crippen LogP) is 4.00. The minimum Gasteiger partial charge on any atom is -0.506 e. The van der Waals surface area contributed by atoms with E-state index in [0.717, 1.165) is 11.1 Å². The molecule has 0 heterocycles. The fourth-order valence-electron chi connectivity index (χ4n) is 1.61. The monoisotopic (exact) mass is 268 g/mol. The standard InChI is InChI=1S/C13H10Cl2O2/c14-12-8(3-1-5-10(12)16)7-9-4-2-6-11(17)13(9)15/h1-6,16-17H,7H2. The summed E-state index contributed by atoms with van der Waals surface area (Å²) in [5.41, 5.74) is 1.53. The summed E-state index contributed by atoms with van der Waals surface area (Å²) in [4.78, 5) is 0. The number of rotatable bonds is 2. The molecule has 88 valence electrons. The van der Waals surface area contributed by atoms with E-state index in [4.69, 9.17) is 23.2 Å². The molecule has 0 aliphatic heterocycles. The Hall–Kier alpha value is -1.38. The zero-order valence-electron chi connectivity index (χ0n) is 8.82. The Morgan fingerprint density at radius 2 is 1.18 bits per heavy atom. The number of hydrogen-bond acceptors (Lipinski definition) is 2. The van der Waals surface area contributed by atoms with Crippen LogP contribution in [0, 0.1) is 0 Å². The highest BCUT2D eigenvalue weighted by molar-refractivity contribution is 6.33. The summed E-state index contributed by atoms with van der Waals surface area (Å²) >= 11 is 12.0. The molecule has 0 aliphatic carbocycles. The van der Waals surface area contributed by atoms with Gasteiger partial charge in [0.15, 0.2) is 0 Å². The van der Waals surface area contributed by atoms with Crippen molar-refractivity contribution in [3.63, 3.8) is 0 Å². The molecule has 2 N–H and O–H groups in total. The van der Waals surface area contributed by atoms with Crippen LogP contribution in [0.4, 0.5) is 0 Å². The van der Waals surface area contributed by atoms with E-state index in [2.05, 4.69) is 0 Å². The summed E-state index contributed by atoms with van der Waals surface area (Å²) in [7, 11) is 0. The molecule has 0 aromatic heterocycles. The average Bonchev–Trinajstić information content (AvgIpc) is 2.31. The van der Waals surface area contributed by atoms with E-state index in [1.165, 1.54) is 12.1 Å². The molecule has 2 aromatic rings. The van der Waals surface area contributed by atoms with Gasteiger partial charge in [-0.25, -0.2) is 0 Å². The Balaban J connectivity index is 2.38. The van der Waals surface area contributed by atoms with Crippen LogP contribution in [0.25, 0.3) is 0 Å². The lowest BCUT2D eigenvalue weighted by molar-refractivity contribution is 0.474. The van der Waals surface area contributed by atoms with Crippen LogP contribution in [0.2, 0.25) is 10.0 Å². The van der Waals surface area contributed by atoms with E-state index in [1.54, 1.807) is 12.1 Å². The topological polar surface area (TPSA) is 40.5 Å². The molecule has 0 fully saturated rings. The van der Waals surface area contributed by atoms with Gasteiger partial charge in [-0.2, -0.15) is 0 Å². The van der Waals surface area contributed by atoms with E-state index in [1.807, 2.05) is 12.1 Å². The first-order chi connectivity index (χ1) is 8.09. The fraction of sp³-hybridized carbons (Fsp3) is 0.0769. The molecule has 2 rings (SSSR count). The van der Waals surface area contributed by atoms with Crippen molar-refractivity contribution in [3.05, 3.63) is 57.6 Å². The molecule has 0 atom stereocenters. The van der Waals surface area contributed by atoms with Gasteiger partial charge in [-0.3, -0.25) is 0 Å². The largest absolute Gasteiger partial charge is 0.506 e. The number of phenolic OH excluding ortho intramolecular Hbond substituents is 2. The molecular weight excluding hydrogens is 259 g/mol. The van der Waals surface area contributed by atoms with Gasteiger partial charge in [0.1, 0.15) is 11.5 Å². The van der Waals surface area contributed by atoms with Crippen molar-refractivity contribution >= 4 is 23.2 Å². The summed E-state index contributed by atoms with van der Waals surface area (Å²) in [5.74, 6) is 0.0842. The fourth-order valence-corrected chi connectivity index (χ4v) is 2.00. The van der Waals surface area contributed by atoms with E-state index in [-0.39, 0.29) is 11.5 Å². The summed E-state index contributed by atoms with van der Waals surface area (Å²) in [5, 5.41) is 19.6. The summed E-state index contributed by atoms with van der Waals surface area (Å²) in [6.07, 6.45) is 0.459. The maximum atomic E-state index is 9.49. The minimum absolute atomic E-state index is 0.0421. The predicted molar refractivity (Wildman–Crippen MR) is 69.0 cm³/mol. The zero-order valence-corrected chi connectivity index (χ0v) is 10.3. The van der Waals surface area contributed by atoms with Crippen molar-refractivity contribution in [2.24, 2.45) is 0 Å². The molecule has 2 nitrogen and oxygen atoms in total. The average molecular weight is 269 g/mol. The van der Waals surface area contributed by atoms with Crippen molar-refractivity contribution in [1.29, 1.82) is 0 Å². The molecule has 0 aliphatic rings. The van der Waals surface area contributed by atoms with E-state index in [9.17, 15) is 10.2 Å². The highest BCUT2D eigenvalue weighted by Gasteiger charge is 2.09. The van der Waals surface area contributed by atoms with E-state index >= 15 is 0 Å². The van der Waals surface area contributed by atoms with Gasteiger partial charge in [0.25, 0.3) is 0 Å².